The molecule has 0 radical (unpaired) electrons. The molecule has 0 heterocycles. The number of rotatable bonds is 1. The number of nitrogens with zero attached hydrogens (tertiary/aromatic N) is 1. The zero-order valence-corrected chi connectivity index (χ0v) is 6.99. The first kappa shape index (κ1) is 6.53. The lowest BCUT2D eigenvalue weighted by molar-refractivity contribution is 0.588. The van der Waals surface area contributed by atoms with E-state index in [0.29, 0.717) is 16.7 Å². The Labute approximate surface area is 67.8 Å². The van der Waals surface area contributed by atoms with Gasteiger partial charge in [-0.1, -0.05) is 33.3 Å². The number of nitroso groups, excluding NO2 is 1. The van der Waals surface area contributed by atoms with Crippen LogP contribution >= 0.6 is 15.9 Å². The summed E-state index contributed by atoms with van der Waals surface area (Å²) in [7, 11) is 0. The minimum Gasteiger partial charge on any atom is -0.150 e. The van der Waals surface area contributed by atoms with Crippen LogP contribution in [-0.4, -0.2) is 10.9 Å². The molecule has 2 bridgehead atoms. The highest BCUT2D eigenvalue weighted by Gasteiger charge is 2.44. The minimum atomic E-state index is -0.00463. The quantitative estimate of drug-likeness (QED) is 0.363. The lowest BCUT2D eigenvalue weighted by Gasteiger charge is -2.15. The second-order valence-electron chi connectivity index (χ2n) is 2.99. The Kier molecular flexibility index (Phi) is 1.41. The molecule has 2 aliphatic rings. The average molecular weight is 202 g/mol. The van der Waals surface area contributed by atoms with Gasteiger partial charge in [0.25, 0.3) is 0 Å². The predicted molar refractivity (Wildman–Crippen MR) is 43.0 cm³/mol. The molecule has 1 fully saturated rings. The summed E-state index contributed by atoms with van der Waals surface area (Å²) in [6.45, 7) is 0. The molecular weight excluding hydrogens is 194 g/mol. The normalized spacial score (nSPS) is 50.1. The summed E-state index contributed by atoms with van der Waals surface area (Å²) in [6, 6.07) is -0.00463. The zero-order valence-electron chi connectivity index (χ0n) is 5.40. The zero-order chi connectivity index (χ0) is 7.14. The fourth-order valence-corrected chi connectivity index (χ4v) is 2.75. The molecule has 0 aromatic rings. The lowest BCUT2D eigenvalue weighted by Crippen LogP contribution is -2.22. The number of hydrogen-bond donors (Lipinski definition) is 0. The third-order valence-electron chi connectivity index (χ3n) is 2.45. The van der Waals surface area contributed by atoms with Crippen molar-refractivity contribution in [3.05, 3.63) is 17.1 Å². The Bertz CT molecular complexity index is 192. The third-order valence-corrected chi connectivity index (χ3v) is 3.67. The van der Waals surface area contributed by atoms with Crippen LogP contribution in [0.5, 0.6) is 0 Å². The molecule has 0 aromatic heterocycles. The molecule has 0 N–H and O–H groups in total. The minimum absolute atomic E-state index is 0.00463. The summed E-state index contributed by atoms with van der Waals surface area (Å²) >= 11 is 3.48. The number of halogens is 1. The lowest BCUT2D eigenvalue weighted by atomic mass is 10.0. The van der Waals surface area contributed by atoms with Crippen molar-refractivity contribution in [3.63, 3.8) is 0 Å². The summed E-state index contributed by atoms with van der Waals surface area (Å²) in [6.07, 6.45) is 5.42. The van der Waals surface area contributed by atoms with Crippen LogP contribution in [0.4, 0.5) is 0 Å². The molecule has 2 nitrogen and oxygen atoms in total. The average Bonchev–Trinajstić information content (AvgIpc) is 2.46. The van der Waals surface area contributed by atoms with Crippen LogP contribution in [0.25, 0.3) is 0 Å². The van der Waals surface area contributed by atoms with E-state index in [1.807, 2.05) is 0 Å². The van der Waals surface area contributed by atoms with E-state index < -0.39 is 0 Å². The van der Waals surface area contributed by atoms with Crippen LogP contribution in [0.15, 0.2) is 17.3 Å². The maximum absolute atomic E-state index is 10.3. The van der Waals surface area contributed by atoms with Gasteiger partial charge in [0.15, 0.2) is 0 Å². The van der Waals surface area contributed by atoms with E-state index >= 15 is 0 Å². The van der Waals surface area contributed by atoms with Crippen molar-refractivity contribution >= 4 is 15.9 Å². The number of hydrogen-bond acceptors (Lipinski definition) is 2. The molecule has 2 aliphatic carbocycles. The van der Waals surface area contributed by atoms with Gasteiger partial charge in [-0.2, -0.15) is 4.91 Å². The van der Waals surface area contributed by atoms with E-state index in [4.69, 9.17) is 0 Å². The van der Waals surface area contributed by atoms with Crippen molar-refractivity contribution in [1.82, 2.24) is 0 Å². The fraction of sp³-hybridized carbons (Fsp3) is 0.714. The summed E-state index contributed by atoms with van der Waals surface area (Å²) in [5.74, 6) is 0.986. The Balaban J connectivity index is 2.25. The SMILES string of the molecule is O=N[C@H]1[C@@H](Br)[C@@H]2C=C[C@@H]1C2. The number of allylic oxidation sites excluding steroid dienone is 1. The Morgan fingerprint density at radius 1 is 1.40 bits per heavy atom. The van der Waals surface area contributed by atoms with Crippen LogP contribution in [0.3, 0.4) is 0 Å². The largest absolute Gasteiger partial charge is 0.150 e. The molecule has 0 unspecified atom stereocenters. The van der Waals surface area contributed by atoms with Crippen LogP contribution in [0.2, 0.25) is 0 Å². The van der Waals surface area contributed by atoms with Gasteiger partial charge in [0.1, 0.15) is 6.04 Å². The molecule has 4 atom stereocenters. The van der Waals surface area contributed by atoms with Gasteiger partial charge in [-0.25, -0.2) is 0 Å². The molecular formula is C7H8BrNO. The summed E-state index contributed by atoms with van der Waals surface area (Å²) in [5, 5.41) is 3.10. The Hall–Kier alpha value is -0.180. The van der Waals surface area contributed by atoms with E-state index in [9.17, 15) is 4.91 Å². The van der Waals surface area contributed by atoms with Crippen LogP contribution in [-0.2, 0) is 0 Å². The first-order chi connectivity index (χ1) is 4.83. The number of fused-ring (bicyclic) bond motifs is 2. The standard InChI is InChI=1S/C7H8BrNO/c8-6-4-1-2-5(3-4)7(6)9-10/h1-2,4-7H,3H2/t4-,5-,6+,7-/m1/s1. The van der Waals surface area contributed by atoms with Gasteiger partial charge < -0.3 is 0 Å². The molecule has 0 aromatic carbocycles. The van der Waals surface area contributed by atoms with Gasteiger partial charge >= 0.3 is 0 Å². The van der Waals surface area contributed by atoms with Crippen LogP contribution in [0, 0.1) is 16.7 Å². The maximum Gasteiger partial charge on any atom is 0.111 e. The highest BCUT2D eigenvalue weighted by atomic mass is 79.9. The van der Waals surface area contributed by atoms with Crippen molar-refractivity contribution in [2.45, 2.75) is 17.3 Å². The smallest absolute Gasteiger partial charge is 0.111 e. The molecule has 0 saturated heterocycles. The first-order valence-corrected chi connectivity index (χ1v) is 4.39. The molecule has 0 aliphatic heterocycles. The highest BCUT2D eigenvalue weighted by molar-refractivity contribution is 9.09. The molecule has 54 valence electrons. The molecule has 0 spiro atoms. The third kappa shape index (κ3) is 0.698. The van der Waals surface area contributed by atoms with Gasteiger partial charge in [0.2, 0.25) is 0 Å². The second-order valence-corrected chi connectivity index (χ2v) is 4.05. The van der Waals surface area contributed by atoms with Gasteiger partial charge in [0.05, 0.1) is 0 Å². The van der Waals surface area contributed by atoms with Gasteiger partial charge in [0, 0.05) is 10.7 Å². The van der Waals surface area contributed by atoms with E-state index in [0.717, 1.165) is 6.42 Å². The van der Waals surface area contributed by atoms with E-state index in [1.54, 1.807) is 0 Å². The first-order valence-electron chi connectivity index (χ1n) is 3.48. The highest BCUT2D eigenvalue weighted by Crippen LogP contribution is 2.44. The van der Waals surface area contributed by atoms with Crippen molar-refractivity contribution in [2.24, 2.45) is 17.0 Å². The monoisotopic (exact) mass is 201 g/mol. The van der Waals surface area contributed by atoms with Crippen LogP contribution in [0.1, 0.15) is 6.42 Å². The van der Waals surface area contributed by atoms with Crippen molar-refractivity contribution in [3.8, 4) is 0 Å². The van der Waals surface area contributed by atoms with E-state index in [1.165, 1.54) is 0 Å². The molecule has 3 heteroatoms. The predicted octanol–water partition coefficient (Wildman–Crippen LogP) is 2.09. The molecule has 0 amide bonds. The van der Waals surface area contributed by atoms with Crippen molar-refractivity contribution < 1.29 is 0 Å². The summed E-state index contributed by atoms with van der Waals surface area (Å²) in [5.41, 5.74) is 0. The Morgan fingerprint density at radius 3 is 2.50 bits per heavy atom. The van der Waals surface area contributed by atoms with E-state index in [-0.39, 0.29) is 6.04 Å². The van der Waals surface area contributed by atoms with Gasteiger partial charge in [-0.3, -0.25) is 0 Å². The fourth-order valence-electron chi connectivity index (χ4n) is 1.87. The summed E-state index contributed by atoms with van der Waals surface area (Å²) in [4.78, 5) is 10.6. The van der Waals surface area contributed by atoms with Crippen molar-refractivity contribution in [2.75, 3.05) is 0 Å². The topological polar surface area (TPSA) is 29.4 Å². The van der Waals surface area contributed by atoms with Gasteiger partial charge in [-0.15, -0.1) is 0 Å². The van der Waals surface area contributed by atoms with E-state index in [2.05, 4.69) is 33.3 Å². The van der Waals surface area contributed by atoms with Gasteiger partial charge in [-0.05, 0) is 12.3 Å². The summed E-state index contributed by atoms with van der Waals surface area (Å²) < 4.78 is 0. The molecule has 10 heavy (non-hydrogen) atoms. The van der Waals surface area contributed by atoms with Crippen LogP contribution < -0.4 is 0 Å². The molecule has 1 saturated carbocycles. The second kappa shape index (κ2) is 2.16. The molecule has 2 rings (SSSR count). The van der Waals surface area contributed by atoms with Crippen molar-refractivity contribution in [1.29, 1.82) is 0 Å². The number of alkyl halides is 1. The Morgan fingerprint density at radius 2 is 2.10 bits per heavy atom. The maximum atomic E-state index is 10.3.